The van der Waals surface area contributed by atoms with E-state index in [1.165, 1.54) is 5.48 Å². The van der Waals surface area contributed by atoms with E-state index >= 15 is 0 Å². The molecular weight excluding hydrogens is 164 g/mol. The Kier molecular flexibility index (Phi) is 2.20. The van der Waals surface area contributed by atoms with Crippen molar-refractivity contribution in [2.75, 3.05) is 6.54 Å². The third-order valence-electron chi connectivity index (χ3n) is 1.33. The molecular formula is C6H6N2O4. The van der Waals surface area contributed by atoms with Crippen LogP contribution in [0.15, 0.2) is 12.2 Å². The summed E-state index contributed by atoms with van der Waals surface area (Å²) in [6, 6.07) is 0. The van der Waals surface area contributed by atoms with E-state index in [9.17, 15) is 14.4 Å². The van der Waals surface area contributed by atoms with Gasteiger partial charge in [-0.25, -0.2) is 5.48 Å². The molecule has 0 aromatic carbocycles. The van der Waals surface area contributed by atoms with Gasteiger partial charge in [-0.3, -0.25) is 24.5 Å². The van der Waals surface area contributed by atoms with Crippen molar-refractivity contribution in [3.63, 3.8) is 0 Å². The number of rotatable bonds is 2. The largest absolute Gasteiger partial charge is 0.289 e. The molecule has 0 aliphatic carbocycles. The van der Waals surface area contributed by atoms with Gasteiger partial charge in [-0.1, -0.05) is 0 Å². The van der Waals surface area contributed by atoms with Gasteiger partial charge in [0.05, 0.1) is 0 Å². The molecule has 6 heteroatoms. The van der Waals surface area contributed by atoms with Crippen LogP contribution >= 0.6 is 0 Å². The molecule has 2 N–H and O–H groups in total. The van der Waals surface area contributed by atoms with E-state index in [2.05, 4.69) is 0 Å². The van der Waals surface area contributed by atoms with Crippen LogP contribution < -0.4 is 5.48 Å². The van der Waals surface area contributed by atoms with Gasteiger partial charge in [0.1, 0.15) is 6.54 Å². The van der Waals surface area contributed by atoms with Crippen LogP contribution in [0, 0.1) is 0 Å². The molecule has 0 fully saturated rings. The highest BCUT2D eigenvalue weighted by molar-refractivity contribution is 6.14. The number of hydrogen-bond acceptors (Lipinski definition) is 4. The van der Waals surface area contributed by atoms with E-state index in [0.29, 0.717) is 4.90 Å². The number of nitrogens with one attached hydrogen (secondary N) is 1. The van der Waals surface area contributed by atoms with Crippen LogP contribution in [0.1, 0.15) is 0 Å². The van der Waals surface area contributed by atoms with Gasteiger partial charge in [0.15, 0.2) is 0 Å². The minimum absolute atomic E-state index is 0.457. The van der Waals surface area contributed by atoms with Crippen molar-refractivity contribution in [3.8, 4) is 0 Å². The fraction of sp³-hybridized carbons (Fsp3) is 0.167. The third-order valence-corrected chi connectivity index (χ3v) is 1.33. The van der Waals surface area contributed by atoms with Crippen molar-refractivity contribution < 1.29 is 19.6 Å². The molecule has 0 saturated heterocycles. The monoisotopic (exact) mass is 170 g/mol. The molecule has 0 bridgehead atoms. The van der Waals surface area contributed by atoms with E-state index in [1.54, 1.807) is 0 Å². The van der Waals surface area contributed by atoms with Gasteiger partial charge in [0.25, 0.3) is 17.7 Å². The number of amides is 3. The first-order valence-electron chi connectivity index (χ1n) is 3.11. The molecule has 6 nitrogen and oxygen atoms in total. The molecule has 0 aromatic heterocycles. The van der Waals surface area contributed by atoms with Crippen LogP contribution in [0.4, 0.5) is 0 Å². The lowest BCUT2D eigenvalue weighted by Crippen LogP contribution is -2.39. The van der Waals surface area contributed by atoms with Crippen LogP contribution in [0.3, 0.4) is 0 Å². The molecule has 0 spiro atoms. The van der Waals surface area contributed by atoms with Crippen LogP contribution in [0.25, 0.3) is 0 Å². The fourth-order valence-electron chi connectivity index (χ4n) is 0.766. The lowest BCUT2D eigenvalue weighted by atomic mass is 10.5. The van der Waals surface area contributed by atoms with Crippen LogP contribution in [-0.2, 0) is 14.4 Å². The van der Waals surface area contributed by atoms with Crippen LogP contribution in [-0.4, -0.2) is 34.4 Å². The first-order chi connectivity index (χ1) is 5.65. The molecule has 1 rings (SSSR count). The molecule has 1 aliphatic heterocycles. The number of imide groups is 1. The van der Waals surface area contributed by atoms with Crippen LogP contribution in [0.2, 0.25) is 0 Å². The van der Waals surface area contributed by atoms with Gasteiger partial charge in [-0.15, -0.1) is 0 Å². The quantitative estimate of drug-likeness (QED) is 0.297. The summed E-state index contributed by atoms with van der Waals surface area (Å²) in [5.41, 5.74) is 1.32. The Morgan fingerprint density at radius 2 is 1.92 bits per heavy atom. The Labute approximate surface area is 67.4 Å². The second-order valence-electron chi connectivity index (χ2n) is 2.13. The molecule has 64 valence electrons. The summed E-state index contributed by atoms with van der Waals surface area (Å²) in [5, 5.41) is 8.10. The highest BCUT2D eigenvalue weighted by Gasteiger charge is 2.25. The number of carbonyl (C=O) groups excluding carboxylic acids is 3. The van der Waals surface area contributed by atoms with Crippen molar-refractivity contribution >= 4 is 17.7 Å². The van der Waals surface area contributed by atoms with Crippen molar-refractivity contribution in [2.45, 2.75) is 0 Å². The number of hydroxylamine groups is 1. The smallest absolute Gasteiger partial charge is 0.263 e. The summed E-state index contributed by atoms with van der Waals surface area (Å²) in [6.45, 7) is -0.457. The van der Waals surface area contributed by atoms with E-state index < -0.39 is 24.3 Å². The molecule has 12 heavy (non-hydrogen) atoms. The molecule has 0 aromatic rings. The summed E-state index contributed by atoms with van der Waals surface area (Å²) in [7, 11) is 0. The van der Waals surface area contributed by atoms with Gasteiger partial charge in [-0.2, -0.15) is 0 Å². The van der Waals surface area contributed by atoms with Crippen molar-refractivity contribution in [1.82, 2.24) is 10.4 Å². The predicted molar refractivity (Wildman–Crippen MR) is 35.8 cm³/mol. The highest BCUT2D eigenvalue weighted by Crippen LogP contribution is 2.01. The molecule has 0 unspecified atom stereocenters. The Hall–Kier alpha value is -1.69. The molecule has 0 radical (unpaired) electrons. The summed E-state index contributed by atoms with van der Waals surface area (Å²) in [4.78, 5) is 32.8. The summed E-state index contributed by atoms with van der Waals surface area (Å²) >= 11 is 0. The predicted octanol–water partition coefficient (Wildman–Crippen LogP) is -1.58. The Balaban J connectivity index is 2.59. The molecule has 1 aliphatic rings. The Morgan fingerprint density at radius 3 is 2.33 bits per heavy atom. The zero-order chi connectivity index (χ0) is 9.14. The standard InChI is InChI=1S/C6H6N2O4/c9-4(7-12)3-8-5(10)1-2-6(8)11/h1-2,12H,3H2,(H,7,9). The van der Waals surface area contributed by atoms with Crippen molar-refractivity contribution in [2.24, 2.45) is 0 Å². The SMILES string of the molecule is O=C(CN1C(=O)C=CC1=O)NO. The van der Waals surface area contributed by atoms with E-state index in [4.69, 9.17) is 5.21 Å². The third kappa shape index (κ3) is 1.48. The maximum absolute atomic E-state index is 10.8. The van der Waals surface area contributed by atoms with E-state index in [-0.39, 0.29) is 0 Å². The lowest BCUT2D eigenvalue weighted by Gasteiger charge is -2.10. The highest BCUT2D eigenvalue weighted by atomic mass is 16.5. The average Bonchev–Trinajstić information content (AvgIpc) is 2.35. The first kappa shape index (κ1) is 8.41. The zero-order valence-electron chi connectivity index (χ0n) is 5.98. The summed E-state index contributed by atoms with van der Waals surface area (Å²) < 4.78 is 0. The maximum Gasteiger partial charge on any atom is 0.263 e. The lowest BCUT2D eigenvalue weighted by molar-refractivity contribution is -0.143. The minimum atomic E-state index is -0.805. The van der Waals surface area contributed by atoms with Gasteiger partial charge < -0.3 is 0 Å². The topological polar surface area (TPSA) is 86.7 Å². The number of carbonyl (C=O) groups is 3. The minimum Gasteiger partial charge on any atom is -0.289 e. The number of hydrogen-bond donors (Lipinski definition) is 2. The average molecular weight is 170 g/mol. The van der Waals surface area contributed by atoms with Gasteiger partial charge >= 0.3 is 0 Å². The van der Waals surface area contributed by atoms with E-state index in [0.717, 1.165) is 12.2 Å². The maximum atomic E-state index is 10.8. The van der Waals surface area contributed by atoms with Gasteiger partial charge in [0, 0.05) is 12.2 Å². The Morgan fingerprint density at radius 1 is 1.42 bits per heavy atom. The second kappa shape index (κ2) is 3.14. The summed E-state index contributed by atoms with van der Waals surface area (Å²) in [5.74, 6) is -1.91. The first-order valence-corrected chi connectivity index (χ1v) is 3.11. The summed E-state index contributed by atoms with van der Waals surface area (Å²) in [6.07, 6.45) is 2.12. The van der Waals surface area contributed by atoms with Crippen LogP contribution in [0.5, 0.6) is 0 Å². The number of nitrogens with zero attached hydrogens (tertiary/aromatic N) is 1. The van der Waals surface area contributed by atoms with Gasteiger partial charge in [-0.05, 0) is 0 Å². The molecule has 3 amide bonds. The molecule has 0 atom stereocenters. The second-order valence-corrected chi connectivity index (χ2v) is 2.13. The Bertz CT molecular complexity index is 253. The van der Waals surface area contributed by atoms with E-state index in [1.807, 2.05) is 0 Å². The molecule has 1 heterocycles. The normalized spacial score (nSPS) is 15.6. The molecule has 0 saturated carbocycles. The van der Waals surface area contributed by atoms with Crippen molar-refractivity contribution in [3.05, 3.63) is 12.2 Å². The van der Waals surface area contributed by atoms with Crippen molar-refractivity contribution in [1.29, 1.82) is 0 Å². The fourth-order valence-corrected chi connectivity index (χ4v) is 0.766. The van der Waals surface area contributed by atoms with Gasteiger partial charge in [0.2, 0.25) is 0 Å². The zero-order valence-corrected chi connectivity index (χ0v) is 5.98.